The maximum absolute atomic E-state index is 10.9. The van der Waals surface area contributed by atoms with E-state index < -0.39 is 0 Å². The van der Waals surface area contributed by atoms with Gasteiger partial charge in [0.25, 0.3) is 0 Å². The highest BCUT2D eigenvalue weighted by Crippen LogP contribution is 2.26. The Kier molecular flexibility index (Phi) is 3.16. The highest BCUT2D eigenvalue weighted by atomic mass is 79.9. The molecule has 0 spiro atoms. The van der Waals surface area contributed by atoms with Gasteiger partial charge in [0.2, 0.25) is 0 Å². The molecule has 5 heteroatoms. The highest BCUT2D eigenvalue weighted by molar-refractivity contribution is 9.10. The average Bonchev–Trinajstić information content (AvgIpc) is 2.61. The zero-order chi connectivity index (χ0) is 10.8. The summed E-state index contributed by atoms with van der Waals surface area (Å²) in [5.74, 6) is -0.230. The molecule has 4 nitrogen and oxygen atoms in total. The molecular formula is C10H12BrN3O. The Bertz CT molecular complexity index is 354. The van der Waals surface area contributed by atoms with E-state index in [1.54, 1.807) is 0 Å². The summed E-state index contributed by atoms with van der Waals surface area (Å²) in [6.07, 6.45) is 0.570. The molecule has 0 aromatic heterocycles. The van der Waals surface area contributed by atoms with Crippen LogP contribution in [-0.4, -0.2) is 12.5 Å². The standard InChI is InChI=1S/C10H12BrN3O/c11-7-3-1-6(2-4-7)9-8(5-15)10(12)14-13-9/h1-5,8-10,13-14H,12H2. The number of hydrogen-bond donors (Lipinski definition) is 3. The lowest BCUT2D eigenvalue weighted by Crippen LogP contribution is -2.39. The first-order valence-corrected chi connectivity index (χ1v) is 5.49. The topological polar surface area (TPSA) is 67.2 Å². The smallest absolute Gasteiger partial charge is 0.127 e. The molecule has 0 saturated carbocycles. The summed E-state index contributed by atoms with van der Waals surface area (Å²) in [5.41, 5.74) is 12.7. The van der Waals surface area contributed by atoms with E-state index in [0.29, 0.717) is 0 Å². The molecule has 1 aromatic rings. The number of aldehydes is 1. The third-order valence-electron chi connectivity index (χ3n) is 2.59. The predicted molar refractivity (Wildman–Crippen MR) is 60.7 cm³/mol. The van der Waals surface area contributed by atoms with Crippen molar-refractivity contribution in [2.75, 3.05) is 0 Å². The molecular weight excluding hydrogens is 258 g/mol. The second-order valence-corrected chi connectivity index (χ2v) is 4.47. The van der Waals surface area contributed by atoms with Crippen molar-refractivity contribution in [1.29, 1.82) is 0 Å². The molecule has 1 heterocycles. The largest absolute Gasteiger partial charge is 0.314 e. The monoisotopic (exact) mass is 269 g/mol. The lowest BCUT2D eigenvalue weighted by atomic mass is 9.94. The fraction of sp³-hybridized carbons (Fsp3) is 0.300. The van der Waals surface area contributed by atoms with Gasteiger partial charge in [0, 0.05) is 4.47 Å². The van der Waals surface area contributed by atoms with Crippen molar-refractivity contribution in [3.05, 3.63) is 34.3 Å². The van der Waals surface area contributed by atoms with Crippen LogP contribution in [0, 0.1) is 5.92 Å². The highest BCUT2D eigenvalue weighted by Gasteiger charge is 2.34. The van der Waals surface area contributed by atoms with Gasteiger partial charge in [-0.3, -0.25) is 0 Å². The van der Waals surface area contributed by atoms with Gasteiger partial charge in [-0.25, -0.2) is 10.9 Å². The zero-order valence-electron chi connectivity index (χ0n) is 7.98. The normalized spacial score (nSPS) is 30.4. The van der Waals surface area contributed by atoms with Crippen LogP contribution in [0.2, 0.25) is 0 Å². The van der Waals surface area contributed by atoms with E-state index >= 15 is 0 Å². The number of carbonyl (C=O) groups excluding carboxylic acids is 1. The Balaban J connectivity index is 2.23. The first-order valence-electron chi connectivity index (χ1n) is 4.70. The summed E-state index contributed by atoms with van der Waals surface area (Å²) in [5, 5.41) is 0. The Labute approximate surface area is 96.3 Å². The second-order valence-electron chi connectivity index (χ2n) is 3.56. The van der Waals surface area contributed by atoms with Gasteiger partial charge >= 0.3 is 0 Å². The van der Waals surface area contributed by atoms with E-state index in [1.165, 1.54) is 0 Å². The van der Waals surface area contributed by atoms with Crippen molar-refractivity contribution in [3.63, 3.8) is 0 Å². The number of rotatable bonds is 2. The number of halogens is 1. The molecule has 15 heavy (non-hydrogen) atoms. The number of nitrogens with two attached hydrogens (primary N) is 1. The van der Waals surface area contributed by atoms with Crippen LogP contribution in [0.5, 0.6) is 0 Å². The van der Waals surface area contributed by atoms with E-state index in [2.05, 4.69) is 26.8 Å². The van der Waals surface area contributed by atoms with Gasteiger partial charge in [0.15, 0.2) is 0 Å². The zero-order valence-corrected chi connectivity index (χ0v) is 9.57. The fourth-order valence-electron chi connectivity index (χ4n) is 1.72. The summed E-state index contributed by atoms with van der Waals surface area (Å²) >= 11 is 3.37. The van der Waals surface area contributed by atoms with E-state index in [9.17, 15) is 4.79 Å². The summed E-state index contributed by atoms with van der Waals surface area (Å²) in [6, 6.07) is 7.78. The van der Waals surface area contributed by atoms with Crippen molar-refractivity contribution >= 4 is 22.2 Å². The third kappa shape index (κ3) is 2.10. The third-order valence-corrected chi connectivity index (χ3v) is 3.12. The number of nitrogens with one attached hydrogen (secondary N) is 2. The molecule has 3 unspecified atom stereocenters. The number of hydrogen-bond acceptors (Lipinski definition) is 4. The van der Waals surface area contributed by atoms with Crippen molar-refractivity contribution in [1.82, 2.24) is 10.9 Å². The van der Waals surface area contributed by atoms with Crippen LogP contribution < -0.4 is 16.6 Å². The maximum atomic E-state index is 10.9. The summed E-state index contributed by atoms with van der Waals surface area (Å²) in [4.78, 5) is 10.9. The predicted octanol–water partition coefficient (Wildman–Crippen LogP) is 0.698. The Morgan fingerprint density at radius 2 is 1.93 bits per heavy atom. The first-order chi connectivity index (χ1) is 7.22. The quantitative estimate of drug-likeness (QED) is 0.692. The Morgan fingerprint density at radius 1 is 1.27 bits per heavy atom. The van der Waals surface area contributed by atoms with Crippen molar-refractivity contribution < 1.29 is 4.79 Å². The van der Waals surface area contributed by atoms with Gasteiger partial charge in [-0.15, -0.1) is 0 Å². The molecule has 80 valence electrons. The number of benzene rings is 1. The molecule has 1 aliphatic heterocycles. The van der Waals surface area contributed by atoms with Gasteiger partial charge in [-0.05, 0) is 17.7 Å². The molecule has 1 aliphatic rings. The minimum atomic E-state index is -0.323. The van der Waals surface area contributed by atoms with E-state index in [1.807, 2.05) is 24.3 Å². The number of carbonyl (C=O) groups is 1. The SMILES string of the molecule is NC1NNC(c2ccc(Br)cc2)C1C=O. The minimum absolute atomic E-state index is 0.0504. The van der Waals surface area contributed by atoms with Crippen LogP contribution in [0.1, 0.15) is 11.6 Å². The molecule has 1 saturated heterocycles. The van der Waals surface area contributed by atoms with Crippen LogP contribution in [-0.2, 0) is 4.79 Å². The molecule has 1 aromatic carbocycles. The van der Waals surface area contributed by atoms with Crippen molar-refractivity contribution in [3.8, 4) is 0 Å². The molecule has 0 amide bonds. The lowest BCUT2D eigenvalue weighted by Gasteiger charge is -2.15. The van der Waals surface area contributed by atoms with Crippen molar-refractivity contribution in [2.24, 2.45) is 11.7 Å². The molecule has 0 aliphatic carbocycles. The lowest BCUT2D eigenvalue weighted by molar-refractivity contribution is -0.111. The number of hydrazine groups is 1. The summed E-state index contributed by atoms with van der Waals surface area (Å²) in [6.45, 7) is 0. The summed E-state index contributed by atoms with van der Waals surface area (Å²) in [7, 11) is 0. The Hall–Kier alpha value is -0.750. The van der Waals surface area contributed by atoms with Crippen LogP contribution in [0.15, 0.2) is 28.7 Å². The van der Waals surface area contributed by atoms with Crippen LogP contribution >= 0.6 is 15.9 Å². The molecule has 0 bridgehead atoms. The summed E-state index contributed by atoms with van der Waals surface area (Å²) < 4.78 is 1.02. The van der Waals surface area contributed by atoms with E-state index in [0.717, 1.165) is 16.3 Å². The minimum Gasteiger partial charge on any atom is -0.314 e. The van der Waals surface area contributed by atoms with Crippen LogP contribution in [0.25, 0.3) is 0 Å². The van der Waals surface area contributed by atoms with Gasteiger partial charge < -0.3 is 10.5 Å². The molecule has 4 N–H and O–H groups in total. The van der Waals surface area contributed by atoms with Crippen LogP contribution in [0.4, 0.5) is 0 Å². The first kappa shape index (κ1) is 10.8. The molecule has 2 rings (SSSR count). The molecule has 0 radical (unpaired) electrons. The molecule has 1 fully saturated rings. The maximum Gasteiger partial charge on any atom is 0.127 e. The average molecular weight is 270 g/mol. The van der Waals surface area contributed by atoms with Crippen molar-refractivity contribution in [2.45, 2.75) is 12.2 Å². The van der Waals surface area contributed by atoms with Gasteiger partial charge in [-0.2, -0.15) is 0 Å². The van der Waals surface area contributed by atoms with E-state index in [4.69, 9.17) is 5.73 Å². The van der Waals surface area contributed by atoms with Gasteiger partial charge in [-0.1, -0.05) is 28.1 Å². The second kappa shape index (κ2) is 4.40. The van der Waals surface area contributed by atoms with Crippen LogP contribution in [0.3, 0.4) is 0 Å². The van der Waals surface area contributed by atoms with Gasteiger partial charge in [0.05, 0.1) is 18.1 Å². The fourth-order valence-corrected chi connectivity index (χ4v) is 1.99. The Morgan fingerprint density at radius 3 is 2.53 bits per heavy atom. The molecule has 3 atom stereocenters. The van der Waals surface area contributed by atoms with E-state index in [-0.39, 0.29) is 18.1 Å². The van der Waals surface area contributed by atoms with Gasteiger partial charge in [0.1, 0.15) is 6.29 Å².